The predicted molar refractivity (Wildman–Crippen MR) is 101 cm³/mol. The van der Waals surface area contributed by atoms with Crippen molar-refractivity contribution in [2.24, 2.45) is 0 Å². The summed E-state index contributed by atoms with van der Waals surface area (Å²) in [7, 11) is 0. The van der Waals surface area contributed by atoms with Gasteiger partial charge in [0.25, 0.3) is 0 Å². The number of rotatable bonds is 6. The van der Waals surface area contributed by atoms with Crippen LogP contribution in [0.25, 0.3) is 0 Å². The Morgan fingerprint density at radius 2 is 1.65 bits per heavy atom. The monoisotopic (exact) mass is 348 g/mol. The Morgan fingerprint density at radius 1 is 0.962 bits per heavy atom. The first-order chi connectivity index (χ1) is 12.8. The molecule has 0 fully saturated rings. The minimum Gasteiger partial charge on any atom is -0.450 e. The second-order valence-corrected chi connectivity index (χ2v) is 5.53. The van der Waals surface area contributed by atoms with E-state index in [1.807, 2.05) is 54.6 Å². The fourth-order valence-corrected chi connectivity index (χ4v) is 2.49. The molecule has 3 rings (SSSR count). The van der Waals surface area contributed by atoms with Crippen LogP contribution in [0.1, 0.15) is 12.5 Å². The number of carbonyl (C=O) groups is 1. The molecule has 0 atom stereocenters. The second kappa shape index (κ2) is 8.62. The van der Waals surface area contributed by atoms with Crippen LogP contribution in [0, 0.1) is 0 Å². The lowest BCUT2D eigenvalue weighted by Crippen LogP contribution is -2.19. The Bertz CT molecular complexity index is 823. The summed E-state index contributed by atoms with van der Waals surface area (Å²) >= 11 is 0. The quantitative estimate of drug-likeness (QED) is 0.716. The number of hydrogen-bond acceptors (Lipinski definition) is 5. The molecule has 0 aliphatic carbocycles. The molecule has 6 nitrogen and oxygen atoms in total. The van der Waals surface area contributed by atoms with E-state index in [2.05, 4.69) is 32.5 Å². The summed E-state index contributed by atoms with van der Waals surface area (Å²) in [6, 6.07) is 23.7. The molecule has 26 heavy (non-hydrogen) atoms. The zero-order chi connectivity index (χ0) is 18.2. The molecule has 1 amide bonds. The third kappa shape index (κ3) is 4.57. The number of nitrogens with zero attached hydrogens (tertiary/aromatic N) is 3. The second-order valence-electron chi connectivity index (χ2n) is 5.53. The molecule has 0 saturated heterocycles. The van der Waals surface area contributed by atoms with Crippen LogP contribution in [0.15, 0.2) is 72.8 Å². The van der Waals surface area contributed by atoms with Gasteiger partial charge in [0.15, 0.2) is 11.6 Å². The van der Waals surface area contributed by atoms with Crippen molar-refractivity contribution in [3.05, 3.63) is 78.4 Å². The van der Waals surface area contributed by atoms with Gasteiger partial charge in [-0.25, -0.2) is 4.79 Å². The van der Waals surface area contributed by atoms with Gasteiger partial charge in [0.2, 0.25) is 0 Å². The van der Waals surface area contributed by atoms with Gasteiger partial charge in [0, 0.05) is 12.2 Å². The lowest BCUT2D eigenvalue weighted by molar-refractivity contribution is 0.168. The van der Waals surface area contributed by atoms with E-state index in [9.17, 15) is 4.79 Å². The molecule has 132 valence electrons. The first-order valence-electron chi connectivity index (χ1n) is 8.40. The van der Waals surface area contributed by atoms with Crippen molar-refractivity contribution in [1.29, 1.82) is 0 Å². The number of benzene rings is 2. The molecule has 2 aromatic carbocycles. The molecule has 0 radical (unpaired) electrons. The van der Waals surface area contributed by atoms with Crippen molar-refractivity contribution in [2.45, 2.75) is 13.5 Å². The first-order valence-corrected chi connectivity index (χ1v) is 8.40. The Hall–Kier alpha value is -3.41. The number of nitrogens with one attached hydrogen (secondary N) is 1. The van der Waals surface area contributed by atoms with Gasteiger partial charge >= 0.3 is 6.09 Å². The molecular weight excluding hydrogens is 328 g/mol. The van der Waals surface area contributed by atoms with Gasteiger partial charge in [-0.05, 0) is 36.8 Å². The van der Waals surface area contributed by atoms with Crippen LogP contribution in [-0.2, 0) is 11.3 Å². The van der Waals surface area contributed by atoms with E-state index in [1.165, 1.54) is 0 Å². The summed E-state index contributed by atoms with van der Waals surface area (Å²) in [4.78, 5) is 13.5. The average Bonchev–Trinajstić information content (AvgIpc) is 2.69. The largest absolute Gasteiger partial charge is 0.450 e. The summed E-state index contributed by atoms with van der Waals surface area (Å²) in [5.41, 5.74) is 2.17. The van der Waals surface area contributed by atoms with Crippen LogP contribution >= 0.6 is 0 Å². The third-order valence-electron chi connectivity index (χ3n) is 3.68. The number of anilines is 3. The highest BCUT2D eigenvalue weighted by Crippen LogP contribution is 2.25. The number of carbonyl (C=O) groups excluding carboxylic acids is 1. The molecule has 0 aliphatic rings. The molecular formula is C20H20N4O2. The lowest BCUT2D eigenvalue weighted by atomic mass is 10.2. The number of para-hydroxylation sites is 1. The molecule has 3 aromatic rings. The van der Waals surface area contributed by atoms with Gasteiger partial charge in [-0.2, -0.15) is 0 Å². The number of aromatic nitrogens is 2. The third-order valence-corrected chi connectivity index (χ3v) is 3.68. The molecule has 0 unspecified atom stereocenters. The van der Waals surface area contributed by atoms with E-state index >= 15 is 0 Å². The zero-order valence-corrected chi connectivity index (χ0v) is 14.5. The SMILES string of the molecule is CCOC(=O)Nc1ccc(N(Cc2ccccc2)c2ccccc2)nn1. The van der Waals surface area contributed by atoms with Crippen LogP contribution < -0.4 is 10.2 Å². The topological polar surface area (TPSA) is 67.3 Å². The van der Waals surface area contributed by atoms with Crippen LogP contribution in [0.2, 0.25) is 0 Å². The van der Waals surface area contributed by atoms with Crippen molar-refractivity contribution in [3.63, 3.8) is 0 Å². The summed E-state index contributed by atoms with van der Waals surface area (Å²) in [5, 5.41) is 10.9. The zero-order valence-electron chi connectivity index (χ0n) is 14.5. The molecule has 6 heteroatoms. The minimum absolute atomic E-state index is 0.302. The standard InChI is InChI=1S/C20H20N4O2/c1-2-26-20(25)21-18-13-14-19(23-22-18)24(17-11-7-4-8-12-17)15-16-9-5-3-6-10-16/h3-14H,2,15H2,1H3,(H,21,22,25). The van der Waals surface area contributed by atoms with Crippen LogP contribution in [0.5, 0.6) is 0 Å². The first kappa shape index (κ1) is 17.4. The average molecular weight is 348 g/mol. The molecule has 0 saturated carbocycles. The maximum Gasteiger partial charge on any atom is 0.412 e. The lowest BCUT2D eigenvalue weighted by Gasteiger charge is -2.23. The van der Waals surface area contributed by atoms with Gasteiger partial charge in [-0.1, -0.05) is 48.5 Å². The molecule has 0 aliphatic heterocycles. The van der Waals surface area contributed by atoms with Gasteiger partial charge in [0.1, 0.15) is 0 Å². The normalized spacial score (nSPS) is 10.2. The fourth-order valence-electron chi connectivity index (χ4n) is 2.49. The summed E-state index contributed by atoms with van der Waals surface area (Å²) in [6.07, 6.45) is -0.543. The Labute approximate surface area is 152 Å². The molecule has 1 aromatic heterocycles. The van der Waals surface area contributed by atoms with Gasteiger partial charge in [0.05, 0.1) is 6.61 Å². The molecule has 1 heterocycles. The van der Waals surface area contributed by atoms with E-state index < -0.39 is 6.09 Å². The Morgan fingerprint density at radius 3 is 2.27 bits per heavy atom. The van der Waals surface area contributed by atoms with Crippen molar-refractivity contribution in [3.8, 4) is 0 Å². The smallest absolute Gasteiger partial charge is 0.412 e. The van der Waals surface area contributed by atoms with E-state index in [0.29, 0.717) is 24.8 Å². The summed E-state index contributed by atoms with van der Waals surface area (Å²) in [6.45, 7) is 2.70. The summed E-state index contributed by atoms with van der Waals surface area (Å²) < 4.78 is 4.84. The number of ether oxygens (including phenoxy) is 1. The molecule has 1 N–H and O–H groups in total. The number of amides is 1. The van der Waals surface area contributed by atoms with E-state index in [0.717, 1.165) is 11.3 Å². The van der Waals surface area contributed by atoms with Gasteiger partial charge in [-0.15, -0.1) is 10.2 Å². The number of hydrogen-bond donors (Lipinski definition) is 1. The molecule has 0 bridgehead atoms. The van der Waals surface area contributed by atoms with E-state index in [-0.39, 0.29) is 0 Å². The maximum absolute atomic E-state index is 11.5. The van der Waals surface area contributed by atoms with Crippen molar-refractivity contribution in [2.75, 3.05) is 16.8 Å². The van der Waals surface area contributed by atoms with Crippen LogP contribution in [0.4, 0.5) is 22.1 Å². The van der Waals surface area contributed by atoms with Crippen molar-refractivity contribution in [1.82, 2.24) is 10.2 Å². The molecule has 0 spiro atoms. The van der Waals surface area contributed by atoms with E-state index in [4.69, 9.17) is 4.74 Å². The van der Waals surface area contributed by atoms with Gasteiger partial charge < -0.3 is 9.64 Å². The Balaban J connectivity index is 1.83. The Kier molecular flexibility index (Phi) is 5.77. The minimum atomic E-state index is -0.543. The van der Waals surface area contributed by atoms with Crippen molar-refractivity contribution < 1.29 is 9.53 Å². The highest BCUT2D eigenvalue weighted by atomic mass is 16.5. The van der Waals surface area contributed by atoms with Crippen LogP contribution in [0.3, 0.4) is 0 Å². The maximum atomic E-state index is 11.5. The fraction of sp³-hybridized carbons (Fsp3) is 0.150. The highest BCUT2D eigenvalue weighted by molar-refractivity contribution is 5.83. The predicted octanol–water partition coefficient (Wildman–Crippen LogP) is 4.38. The van der Waals surface area contributed by atoms with E-state index in [1.54, 1.807) is 13.0 Å². The van der Waals surface area contributed by atoms with Crippen molar-refractivity contribution >= 4 is 23.4 Å². The summed E-state index contributed by atoms with van der Waals surface area (Å²) in [5.74, 6) is 1.04. The highest BCUT2D eigenvalue weighted by Gasteiger charge is 2.13. The van der Waals surface area contributed by atoms with Gasteiger partial charge in [-0.3, -0.25) is 5.32 Å². The van der Waals surface area contributed by atoms with Crippen LogP contribution in [-0.4, -0.2) is 22.9 Å².